The molecule has 1 aromatic heterocycles. The average Bonchev–Trinajstić information content (AvgIpc) is 3.30. The fourth-order valence-electron chi connectivity index (χ4n) is 4.79. The predicted octanol–water partition coefficient (Wildman–Crippen LogP) is 4.50. The molecule has 0 bridgehead atoms. The van der Waals surface area contributed by atoms with Gasteiger partial charge in [0.05, 0.1) is 38.3 Å². The normalized spacial score (nSPS) is 14.5. The number of carbonyl (C=O) groups is 1. The number of esters is 1. The van der Waals surface area contributed by atoms with Crippen LogP contribution in [0.2, 0.25) is 0 Å². The van der Waals surface area contributed by atoms with E-state index in [1.165, 1.54) is 22.8 Å². The molecule has 0 saturated heterocycles. The zero-order valence-corrected chi connectivity index (χ0v) is 24.7. The molecule has 12 nitrogen and oxygen atoms in total. The molecule has 2 heterocycles. The number of carbonyl (C=O) groups excluding carboxylic acids is 1. The summed E-state index contributed by atoms with van der Waals surface area (Å²) < 4.78 is 12.8. The number of nitro benzene ring substituents is 2. The van der Waals surface area contributed by atoms with Crippen LogP contribution in [0, 0.1) is 27.2 Å². The summed E-state index contributed by atoms with van der Waals surface area (Å²) in [5.41, 5.74) is 2.29. The molecule has 224 valence electrons. The second kappa shape index (κ2) is 12.4. The van der Waals surface area contributed by atoms with Gasteiger partial charge in [-0.3, -0.25) is 29.6 Å². The summed E-state index contributed by atoms with van der Waals surface area (Å²) in [4.78, 5) is 53.4. The largest absolute Gasteiger partial charge is 0.489 e. The van der Waals surface area contributed by atoms with Crippen molar-refractivity contribution in [1.29, 1.82) is 0 Å². The Kier molecular flexibility index (Phi) is 8.49. The van der Waals surface area contributed by atoms with Gasteiger partial charge < -0.3 is 9.47 Å². The highest BCUT2D eigenvalue weighted by Crippen LogP contribution is 2.33. The van der Waals surface area contributed by atoms with Gasteiger partial charge in [0, 0.05) is 23.8 Å². The van der Waals surface area contributed by atoms with Gasteiger partial charge >= 0.3 is 5.97 Å². The number of nitro groups is 2. The number of rotatable bonds is 9. The van der Waals surface area contributed by atoms with E-state index in [0.29, 0.717) is 37.5 Å². The smallest absolute Gasteiger partial charge is 0.338 e. The van der Waals surface area contributed by atoms with Crippen LogP contribution in [0.1, 0.15) is 42.1 Å². The van der Waals surface area contributed by atoms with Crippen molar-refractivity contribution >= 4 is 34.8 Å². The third-order valence-corrected chi connectivity index (χ3v) is 7.98. The van der Waals surface area contributed by atoms with Gasteiger partial charge in [0.2, 0.25) is 0 Å². The lowest BCUT2D eigenvalue weighted by molar-refractivity contribution is -0.385. The van der Waals surface area contributed by atoms with Crippen LogP contribution in [0.3, 0.4) is 0 Å². The summed E-state index contributed by atoms with van der Waals surface area (Å²) in [6, 6.07) is 16.8. The van der Waals surface area contributed by atoms with Crippen LogP contribution >= 0.6 is 11.3 Å². The number of hydrogen-bond acceptors (Lipinski definition) is 10. The first-order valence-electron chi connectivity index (χ1n) is 13.5. The van der Waals surface area contributed by atoms with Crippen molar-refractivity contribution in [3.63, 3.8) is 0 Å². The standard InChI is InChI=1S/C31H26N4O8S/c1-4-42-30(37)27-19(3)32-31-33(28(27)22-10-5-18(2)25(16-22)35(40)41)29(36)26(44-31)15-20-8-13-24(14-9-20)43-17-21-6-11-23(12-7-21)34(38)39/h5-16,28H,4,17H2,1-3H3/b26-15+/t28-/m0/s1. The molecule has 0 saturated carbocycles. The molecule has 1 aliphatic rings. The van der Waals surface area contributed by atoms with E-state index >= 15 is 0 Å². The molecule has 4 aromatic rings. The first kappa shape index (κ1) is 30.0. The number of aromatic nitrogens is 1. The van der Waals surface area contributed by atoms with E-state index in [1.54, 1.807) is 75.4 Å². The molecule has 0 unspecified atom stereocenters. The second-order valence-electron chi connectivity index (χ2n) is 9.89. The minimum absolute atomic E-state index is 0.00200. The Labute approximate surface area is 254 Å². The van der Waals surface area contributed by atoms with Crippen molar-refractivity contribution in [3.05, 3.63) is 140 Å². The summed E-state index contributed by atoms with van der Waals surface area (Å²) in [6.07, 6.45) is 1.70. The molecule has 13 heteroatoms. The first-order valence-corrected chi connectivity index (χ1v) is 14.3. The Balaban J connectivity index is 1.49. The number of hydrogen-bond donors (Lipinski definition) is 0. The van der Waals surface area contributed by atoms with Gasteiger partial charge in [0.25, 0.3) is 16.9 Å². The van der Waals surface area contributed by atoms with Crippen molar-refractivity contribution < 1.29 is 24.1 Å². The second-order valence-corrected chi connectivity index (χ2v) is 10.9. The maximum Gasteiger partial charge on any atom is 0.338 e. The van der Waals surface area contributed by atoms with Crippen molar-refractivity contribution in [1.82, 2.24) is 4.57 Å². The van der Waals surface area contributed by atoms with Crippen molar-refractivity contribution in [2.45, 2.75) is 33.4 Å². The highest BCUT2D eigenvalue weighted by molar-refractivity contribution is 7.07. The Morgan fingerprint density at radius 3 is 2.36 bits per heavy atom. The average molecular weight is 615 g/mol. The van der Waals surface area contributed by atoms with E-state index in [9.17, 15) is 29.8 Å². The van der Waals surface area contributed by atoms with Gasteiger partial charge in [-0.1, -0.05) is 35.6 Å². The molecule has 44 heavy (non-hydrogen) atoms. The predicted molar refractivity (Wildman–Crippen MR) is 162 cm³/mol. The Morgan fingerprint density at radius 2 is 1.73 bits per heavy atom. The number of ether oxygens (including phenoxy) is 2. The summed E-state index contributed by atoms with van der Waals surface area (Å²) in [5.74, 6) is -0.0850. The van der Waals surface area contributed by atoms with Gasteiger partial charge in [0.1, 0.15) is 12.4 Å². The molecule has 0 amide bonds. The Hall–Kier alpha value is -5.43. The summed E-state index contributed by atoms with van der Waals surface area (Å²) >= 11 is 1.14. The van der Waals surface area contributed by atoms with Crippen LogP contribution in [-0.4, -0.2) is 27.0 Å². The van der Waals surface area contributed by atoms with Crippen LogP contribution in [0.5, 0.6) is 5.75 Å². The van der Waals surface area contributed by atoms with Gasteiger partial charge in [-0.15, -0.1) is 0 Å². The minimum atomic E-state index is -0.970. The fourth-order valence-corrected chi connectivity index (χ4v) is 5.84. The van der Waals surface area contributed by atoms with E-state index in [4.69, 9.17) is 9.47 Å². The SMILES string of the molecule is CCOC(=O)C1=C(C)N=c2s/c(=C/c3ccc(OCc4ccc([N+](=O)[O-])cc4)cc3)c(=O)n2[C@H]1c1ccc(C)c([N+](=O)[O-])c1. The topological polar surface area (TPSA) is 156 Å². The van der Waals surface area contributed by atoms with Crippen molar-refractivity contribution in [3.8, 4) is 5.75 Å². The van der Waals surface area contributed by atoms with Crippen LogP contribution in [-0.2, 0) is 16.1 Å². The van der Waals surface area contributed by atoms with Crippen LogP contribution in [0.15, 0.2) is 87.8 Å². The van der Waals surface area contributed by atoms with E-state index in [2.05, 4.69) is 4.99 Å². The molecule has 5 rings (SSSR count). The zero-order valence-electron chi connectivity index (χ0n) is 23.9. The van der Waals surface area contributed by atoms with Crippen LogP contribution < -0.4 is 19.6 Å². The van der Waals surface area contributed by atoms with Gasteiger partial charge in [-0.05, 0) is 67.8 Å². The molecular formula is C31H26N4O8S. The number of nitrogens with zero attached hydrogens (tertiary/aromatic N) is 4. The number of allylic oxidation sites excluding steroid dienone is 1. The van der Waals surface area contributed by atoms with E-state index in [1.807, 2.05) is 0 Å². The highest BCUT2D eigenvalue weighted by atomic mass is 32.1. The number of benzene rings is 3. The van der Waals surface area contributed by atoms with E-state index in [0.717, 1.165) is 16.9 Å². The molecule has 0 N–H and O–H groups in total. The Bertz CT molecular complexity index is 1990. The number of non-ortho nitro benzene ring substituents is 1. The molecule has 1 atom stereocenters. The molecule has 0 radical (unpaired) electrons. The monoisotopic (exact) mass is 614 g/mol. The van der Waals surface area contributed by atoms with Gasteiger partial charge in [0.15, 0.2) is 4.80 Å². The quantitative estimate of drug-likeness (QED) is 0.152. The summed E-state index contributed by atoms with van der Waals surface area (Å²) in [5, 5.41) is 22.6. The Morgan fingerprint density at radius 1 is 1.02 bits per heavy atom. The molecule has 3 aromatic carbocycles. The highest BCUT2D eigenvalue weighted by Gasteiger charge is 2.34. The lowest BCUT2D eigenvalue weighted by Gasteiger charge is -2.24. The van der Waals surface area contributed by atoms with Crippen LogP contribution in [0.25, 0.3) is 6.08 Å². The molecule has 1 aliphatic heterocycles. The number of fused-ring (bicyclic) bond motifs is 1. The number of thiazole rings is 1. The minimum Gasteiger partial charge on any atom is -0.489 e. The zero-order chi connectivity index (χ0) is 31.5. The fraction of sp³-hybridized carbons (Fsp3) is 0.194. The first-order chi connectivity index (χ1) is 21.1. The molecule has 0 spiro atoms. The maximum absolute atomic E-state index is 13.8. The summed E-state index contributed by atoms with van der Waals surface area (Å²) in [7, 11) is 0. The lowest BCUT2D eigenvalue weighted by atomic mass is 9.94. The maximum atomic E-state index is 13.8. The van der Waals surface area contributed by atoms with E-state index < -0.39 is 27.4 Å². The third kappa shape index (κ3) is 6.03. The third-order valence-electron chi connectivity index (χ3n) is 6.99. The van der Waals surface area contributed by atoms with Crippen molar-refractivity contribution in [2.24, 2.45) is 4.99 Å². The van der Waals surface area contributed by atoms with Gasteiger partial charge in [-0.2, -0.15) is 0 Å². The molecular weight excluding hydrogens is 588 g/mol. The lowest BCUT2D eigenvalue weighted by Crippen LogP contribution is -2.40. The number of aryl methyl sites for hydroxylation is 1. The molecule has 0 aliphatic carbocycles. The van der Waals surface area contributed by atoms with Gasteiger partial charge in [-0.25, -0.2) is 9.79 Å². The molecule has 0 fully saturated rings. The van der Waals surface area contributed by atoms with Crippen LogP contribution in [0.4, 0.5) is 11.4 Å². The summed E-state index contributed by atoms with van der Waals surface area (Å²) in [6.45, 7) is 5.26. The van der Waals surface area contributed by atoms with Crippen molar-refractivity contribution in [2.75, 3.05) is 6.61 Å². The van der Waals surface area contributed by atoms with E-state index in [-0.39, 0.29) is 30.2 Å².